The highest BCUT2D eigenvalue weighted by molar-refractivity contribution is 5.95. The molecule has 1 aliphatic rings. The zero-order valence-electron chi connectivity index (χ0n) is 13.2. The van der Waals surface area contributed by atoms with E-state index in [2.05, 4.69) is 4.85 Å². The van der Waals surface area contributed by atoms with Crippen LogP contribution in [0.25, 0.3) is 10.4 Å². The minimum Gasteiger partial charge on any atom is -0.486 e. The van der Waals surface area contributed by atoms with Gasteiger partial charge in [-0.1, -0.05) is 6.07 Å². The fraction of sp³-hybridized carbons (Fsp3) is 0.158. The number of methoxy groups -OCH3 is 1. The average Bonchev–Trinajstić information content (AvgIpc) is 2.59. The van der Waals surface area contributed by atoms with Crippen LogP contribution in [0.2, 0.25) is 0 Å². The predicted molar refractivity (Wildman–Crippen MR) is 87.6 cm³/mol. The molecule has 0 radical (unpaired) electrons. The molecule has 2 aromatic carbocycles. The Balaban J connectivity index is 2.20. The van der Waals surface area contributed by atoms with Crippen LogP contribution >= 0.6 is 0 Å². The summed E-state index contributed by atoms with van der Waals surface area (Å²) < 4.78 is 24.0. The highest BCUT2D eigenvalue weighted by Crippen LogP contribution is 2.40. The molecule has 4 nitrogen and oxygen atoms in total. The molecule has 2 aromatic rings. The molecule has 120 valence electrons. The lowest BCUT2D eigenvalue weighted by molar-refractivity contribution is 0.0600. The fourth-order valence-electron chi connectivity index (χ4n) is 2.71. The topological polar surface area (TPSA) is 39.9 Å². The van der Waals surface area contributed by atoms with Crippen LogP contribution in [0.3, 0.4) is 0 Å². The van der Waals surface area contributed by atoms with Gasteiger partial charge < -0.3 is 9.47 Å². The number of esters is 1. The van der Waals surface area contributed by atoms with Crippen molar-refractivity contribution < 1.29 is 18.7 Å². The monoisotopic (exact) mass is 323 g/mol. The van der Waals surface area contributed by atoms with Crippen LogP contribution in [0.1, 0.15) is 28.4 Å². The van der Waals surface area contributed by atoms with Gasteiger partial charge in [0.1, 0.15) is 17.7 Å². The van der Waals surface area contributed by atoms with E-state index in [9.17, 15) is 9.18 Å². The van der Waals surface area contributed by atoms with Crippen LogP contribution in [-0.4, -0.2) is 19.2 Å². The number of hydrogen-bond donors (Lipinski definition) is 0. The number of carbonyl (C=O) groups excluding carboxylic acids is 1. The summed E-state index contributed by atoms with van der Waals surface area (Å²) in [6, 6.07) is 9.08. The largest absolute Gasteiger partial charge is 0.486 e. The lowest BCUT2D eigenvalue weighted by atomic mass is 9.91. The van der Waals surface area contributed by atoms with Crippen LogP contribution in [0.15, 0.2) is 42.5 Å². The van der Waals surface area contributed by atoms with Crippen LogP contribution in [-0.2, 0) is 4.74 Å². The molecule has 0 bridgehead atoms. The van der Waals surface area contributed by atoms with Gasteiger partial charge in [0.25, 0.3) is 0 Å². The third kappa shape index (κ3) is 2.74. The lowest BCUT2D eigenvalue weighted by Crippen LogP contribution is -2.16. The minimum atomic E-state index is -0.464. The van der Waals surface area contributed by atoms with Gasteiger partial charge in [0.05, 0.1) is 19.2 Å². The van der Waals surface area contributed by atoms with E-state index in [1.165, 1.54) is 19.2 Å². The summed E-state index contributed by atoms with van der Waals surface area (Å²) in [4.78, 5) is 15.2. The molecular formula is C19H14FNO3. The number of rotatable bonds is 2. The van der Waals surface area contributed by atoms with Crippen molar-refractivity contribution in [1.29, 1.82) is 0 Å². The molecular weight excluding hydrogens is 309 g/mol. The maximum Gasteiger partial charge on any atom is 0.337 e. The van der Waals surface area contributed by atoms with Crippen molar-refractivity contribution in [2.24, 2.45) is 0 Å². The van der Waals surface area contributed by atoms with Crippen molar-refractivity contribution in [1.82, 2.24) is 0 Å². The normalized spacial score (nSPS) is 15.6. The van der Waals surface area contributed by atoms with Crippen molar-refractivity contribution in [2.45, 2.75) is 13.0 Å². The highest BCUT2D eigenvalue weighted by Gasteiger charge is 2.23. The molecule has 0 saturated carbocycles. The van der Waals surface area contributed by atoms with E-state index in [0.717, 1.165) is 5.57 Å². The predicted octanol–water partition coefficient (Wildman–Crippen LogP) is 4.38. The summed E-state index contributed by atoms with van der Waals surface area (Å²) in [5.41, 5.74) is 2.61. The zero-order valence-corrected chi connectivity index (χ0v) is 13.2. The van der Waals surface area contributed by atoms with Gasteiger partial charge in [-0.25, -0.2) is 14.0 Å². The Morgan fingerprint density at radius 1 is 1.25 bits per heavy atom. The third-order valence-electron chi connectivity index (χ3n) is 3.78. The van der Waals surface area contributed by atoms with Crippen molar-refractivity contribution in [3.05, 3.63) is 76.4 Å². The van der Waals surface area contributed by atoms with Gasteiger partial charge in [-0.3, -0.25) is 0 Å². The molecule has 1 atom stereocenters. The Morgan fingerprint density at radius 2 is 2.04 bits per heavy atom. The number of benzene rings is 2. The van der Waals surface area contributed by atoms with Gasteiger partial charge in [0, 0.05) is 5.56 Å². The Morgan fingerprint density at radius 3 is 2.75 bits per heavy atom. The molecule has 5 heteroatoms. The lowest BCUT2D eigenvalue weighted by Gasteiger charge is -2.24. The van der Waals surface area contributed by atoms with Gasteiger partial charge in [-0.2, -0.15) is 0 Å². The van der Waals surface area contributed by atoms with Gasteiger partial charge >= 0.3 is 5.97 Å². The highest BCUT2D eigenvalue weighted by atomic mass is 19.1. The Bertz CT molecular complexity index is 896. The van der Waals surface area contributed by atoms with Gasteiger partial charge in [-0.05, 0) is 54.5 Å². The second-order valence-corrected chi connectivity index (χ2v) is 5.38. The molecule has 0 saturated heterocycles. The smallest absolute Gasteiger partial charge is 0.337 e. The number of nitrogens with zero attached hydrogens (tertiary/aromatic N) is 1. The summed E-state index contributed by atoms with van der Waals surface area (Å²) in [7, 11) is 1.31. The first-order chi connectivity index (χ1) is 11.5. The molecule has 1 aliphatic heterocycles. The number of hydrogen-bond acceptors (Lipinski definition) is 3. The molecule has 1 heterocycles. The molecule has 0 N–H and O–H groups in total. The molecule has 0 amide bonds. The second kappa shape index (κ2) is 6.17. The first-order valence-corrected chi connectivity index (χ1v) is 7.32. The van der Waals surface area contributed by atoms with E-state index in [1.54, 1.807) is 24.3 Å². The average molecular weight is 323 g/mol. The third-order valence-corrected chi connectivity index (χ3v) is 3.78. The van der Waals surface area contributed by atoms with E-state index >= 15 is 0 Å². The second-order valence-electron chi connectivity index (χ2n) is 5.38. The summed E-state index contributed by atoms with van der Waals surface area (Å²) in [5, 5.41) is 0. The Hall–Kier alpha value is -3.13. The number of halogens is 1. The van der Waals surface area contributed by atoms with Crippen LogP contribution in [0.5, 0.6) is 5.75 Å². The van der Waals surface area contributed by atoms with E-state index in [4.69, 9.17) is 16.0 Å². The van der Waals surface area contributed by atoms with Crippen molar-refractivity contribution in [3.63, 3.8) is 0 Å². The molecule has 3 rings (SSSR count). The quantitative estimate of drug-likeness (QED) is 0.608. The number of carbonyl (C=O) groups is 1. The number of fused-ring (bicyclic) bond motifs is 1. The minimum absolute atomic E-state index is 0.208. The molecule has 24 heavy (non-hydrogen) atoms. The van der Waals surface area contributed by atoms with E-state index in [-0.39, 0.29) is 11.8 Å². The summed E-state index contributed by atoms with van der Waals surface area (Å²) >= 11 is 0. The van der Waals surface area contributed by atoms with Crippen molar-refractivity contribution in [2.75, 3.05) is 7.11 Å². The van der Waals surface area contributed by atoms with E-state index in [1.807, 2.05) is 13.0 Å². The SMILES string of the molecule is [C-]#[N+]c1cc(F)ccc1C1=CC(C)Oc2ccc(C(=O)OC)cc21. The van der Waals surface area contributed by atoms with E-state index < -0.39 is 11.8 Å². The zero-order chi connectivity index (χ0) is 17.3. The maximum atomic E-state index is 13.4. The first-order valence-electron chi connectivity index (χ1n) is 7.32. The van der Waals surface area contributed by atoms with Gasteiger partial charge in [0.2, 0.25) is 0 Å². The Labute approximate surface area is 139 Å². The summed E-state index contributed by atoms with van der Waals surface area (Å²) in [5.74, 6) is -0.317. The number of ether oxygens (including phenoxy) is 2. The van der Waals surface area contributed by atoms with Crippen LogP contribution in [0, 0.1) is 12.4 Å². The molecule has 1 unspecified atom stereocenters. The molecule has 0 aromatic heterocycles. The Kier molecular flexibility index (Phi) is 4.05. The van der Waals surface area contributed by atoms with Crippen LogP contribution in [0.4, 0.5) is 10.1 Å². The van der Waals surface area contributed by atoms with Crippen LogP contribution < -0.4 is 4.74 Å². The van der Waals surface area contributed by atoms with E-state index in [0.29, 0.717) is 22.4 Å². The first kappa shape index (κ1) is 15.8. The standard InChI is InChI=1S/C19H14FNO3/c1-11-8-15(14-6-5-13(20)10-17(14)21-2)16-9-12(19(22)23-3)4-7-18(16)24-11/h4-11H,1,3H3. The van der Waals surface area contributed by atoms with Crippen molar-refractivity contribution >= 4 is 17.2 Å². The molecule has 0 spiro atoms. The fourth-order valence-corrected chi connectivity index (χ4v) is 2.71. The van der Waals surface area contributed by atoms with Gasteiger partial charge in [0.15, 0.2) is 5.69 Å². The summed E-state index contributed by atoms with van der Waals surface area (Å²) in [6.45, 7) is 9.17. The van der Waals surface area contributed by atoms with Crippen molar-refractivity contribution in [3.8, 4) is 5.75 Å². The molecule has 0 aliphatic carbocycles. The maximum absolute atomic E-state index is 13.4. The summed E-state index contributed by atoms with van der Waals surface area (Å²) in [6.07, 6.45) is 1.64. The molecule has 0 fully saturated rings. The van der Waals surface area contributed by atoms with Gasteiger partial charge in [-0.15, -0.1) is 0 Å².